The number of ether oxygens (including phenoxy) is 1. The molecule has 0 aliphatic rings. The Hall–Kier alpha value is -3.98. The molecule has 1 unspecified atom stereocenters. The van der Waals surface area contributed by atoms with Gasteiger partial charge in [0.25, 0.3) is 5.91 Å². The van der Waals surface area contributed by atoms with Crippen LogP contribution in [0.25, 0.3) is 0 Å². The van der Waals surface area contributed by atoms with Crippen molar-refractivity contribution in [2.24, 2.45) is 0 Å². The molecular formula is C22H23F3N4O7S. The lowest BCUT2D eigenvalue weighted by Crippen LogP contribution is -2.41. The molecule has 2 aromatic rings. The van der Waals surface area contributed by atoms with Gasteiger partial charge in [-0.2, -0.15) is 4.31 Å². The number of nitrogens with one attached hydrogen (secondary N) is 3. The number of anilines is 2. The van der Waals surface area contributed by atoms with Crippen LogP contribution in [0, 0.1) is 17.5 Å². The van der Waals surface area contributed by atoms with Crippen LogP contribution >= 0.6 is 0 Å². The molecule has 0 aromatic heterocycles. The highest BCUT2D eigenvalue weighted by Crippen LogP contribution is 2.20. The summed E-state index contributed by atoms with van der Waals surface area (Å²) in [7, 11) is -2.99. The lowest BCUT2D eigenvalue weighted by molar-refractivity contribution is -0.154. The van der Waals surface area contributed by atoms with E-state index in [0.717, 1.165) is 20.0 Å². The second kappa shape index (κ2) is 12.3. The average Bonchev–Trinajstić information content (AvgIpc) is 2.82. The number of nitrogens with zero attached hydrogens (tertiary/aromatic N) is 1. The van der Waals surface area contributed by atoms with Crippen molar-refractivity contribution in [2.75, 3.05) is 30.8 Å². The number of likely N-dealkylation sites (N-methyl/N-ethyl adjacent to an activating group) is 1. The summed E-state index contributed by atoms with van der Waals surface area (Å²) in [4.78, 5) is 47.0. The van der Waals surface area contributed by atoms with Crippen LogP contribution in [0.1, 0.15) is 13.8 Å². The minimum Gasteiger partial charge on any atom is -0.452 e. The second-order valence-electron chi connectivity index (χ2n) is 7.59. The smallest absolute Gasteiger partial charge is 0.322 e. The molecule has 200 valence electrons. The lowest BCUT2D eigenvalue weighted by Gasteiger charge is -2.18. The number of halogens is 3. The number of amides is 3. The minimum absolute atomic E-state index is 0.161. The number of esters is 1. The maximum Gasteiger partial charge on any atom is 0.322 e. The van der Waals surface area contributed by atoms with Gasteiger partial charge in [-0.05, 0) is 43.3 Å². The van der Waals surface area contributed by atoms with E-state index in [0.29, 0.717) is 16.1 Å². The van der Waals surface area contributed by atoms with Crippen LogP contribution < -0.4 is 16.0 Å². The van der Waals surface area contributed by atoms with Gasteiger partial charge in [0.05, 0.1) is 17.1 Å². The van der Waals surface area contributed by atoms with E-state index in [2.05, 4.69) is 10.6 Å². The van der Waals surface area contributed by atoms with Crippen molar-refractivity contribution in [2.45, 2.75) is 24.8 Å². The fourth-order valence-electron chi connectivity index (χ4n) is 2.78. The zero-order valence-electron chi connectivity index (χ0n) is 19.8. The highest BCUT2D eigenvalue weighted by atomic mass is 32.2. The number of hydrogen-bond acceptors (Lipinski definition) is 7. The van der Waals surface area contributed by atoms with Crippen molar-refractivity contribution in [3.05, 3.63) is 53.8 Å². The fraction of sp³-hybridized carbons (Fsp3) is 0.273. The Labute approximate surface area is 210 Å². The monoisotopic (exact) mass is 544 g/mol. The molecule has 15 heteroatoms. The average molecular weight is 545 g/mol. The number of rotatable bonds is 10. The van der Waals surface area contributed by atoms with Gasteiger partial charge in [0, 0.05) is 19.7 Å². The van der Waals surface area contributed by atoms with Gasteiger partial charge in [0.1, 0.15) is 6.54 Å². The Morgan fingerprint density at radius 1 is 0.973 bits per heavy atom. The molecule has 0 aliphatic carbocycles. The molecule has 3 amide bonds. The first-order valence-electron chi connectivity index (χ1n) is 10.5. The van der Waals surface area contributed by atoms with Gasteiger partial charge >= 0.3 is 5.97 Å². The van der Waals surface area contributed by atoms with Crippen molar-refractivity contribution >= 4 is 45.1 Å². The summed E-state index contributed by atoms with van der Waals surface area (Å²) in [5, 5.41) is 6.53. The molecule has 3 N–H and O–H groups in total. The summed E-state index contributed by atoms with van der Waals surface area (Å²) >= 11 is 0. The van der Waals surface area contributed by atoms with E-state index in [1.165, 1.54) is 31.2 Å². The van der Waals surface area contributed by atoms with Gasteiger partial charge < -0.3 is 20.7 Å². The quantitative estimate of drug-likeness (QED) is 0.302. The maximum absolute atomic E-state index is 13.6. The second-order valence-corrected chi connectivity index (χ2v) is 9.63. The van der Waals surface area contributed by atoms with Gasteiger partial charge in [-0.1, -0.05) is 0 Å². The largest absolute Gasteiger partial charge is 0.452 e. The highest BCUT2D eigenvalue weighted by Gasteiger charge is 2.26. The summed E-state index contributed by atoms with van der Waals surface area (Å²) in [6, 6.07) is 6.59. The molecule has 0 aliphatic heterocycles. The van der Waals surface area contributed by atoms with Gasteiger partial charge in [0.2, 0.25) is 21.8 Å². The normalized spacial score (nSPS) is 12.0. The van der Waals surface area contributed by atoms with E-state index >= 15 is 0 Å². The third-order valence-corrected chi connectivity index (χ3v) is 6.46. The molecular weight excluding hydrogens is 521 g/mol. The van der Waals surface area contributed by atoms with Crippen LogP contribution in [0.15, 0.2) is 41.3 Å². The Balaban J connectivity index is 1.87. The SMILES string of the molecule is CC(=O)Nc1ccc(S(=O)(=O)N(C)CC(=O)OC(C)C(=O)NCC(=O)Nc2ccc(F)c(F)c2F)cc1. The van der Waals surface area contributed by atoms with E-state index in [4.69, 9.17) is 4.74 Å². The summed E-state index contributed by atoms with van der Waals surface area (Å²) in [5.74, 6) is -8.18. The molecule has 2 rings (SSSR count). The van der Waals surface area contributed by atoms with Crippen LogP contribution in [-0.4, -0.2) is 62.7 Å². The standard InChI is InChI=1S/C22H23F3N4O7S/c1-12(22(33)26-10-18(31)28-17-9-8-16(23)20(24)21(17)25)36-19(32)11-29(3)37(34,35)15-6-4-14(5-7-15)27-13(2)30/h4-9,12H,10-11H2,1-3H3,(H,26,33)(H,27,30)(H,28,31). The number of carbonyl (C=O) groups is 4. The van der Waals surface area contributed by atoms with Gasteiger partial charge in [-0.3, -0.25) is 19.2 Å². The molecule has 1 atom stereocenters. The predicted octanol–water partition coefficient (Wildman–Crippen LogP) is 1.37. The van der Waals surface area contributed by atoms with Crippen molar-refractivity contribution in [1.29, 1.82) is 0 Å². The van der Waals surface area contributed by atoms with Crippen LogP contribution in [0.5, 0.6) is 0 Å². The van der Waals surface area contributed by atoms with Crippen molar-refractivity contribution in [3.63, 3.8) is 0 Å². The molecule has 0 saturated carbocycles. The Morgan fingerprint density at radius 3 is 2.19 bits per heavy atom. The van der Waals surface area contributed by atoms with Crippen molar-refractivity contribution in [1.82, 2.24) is 9.62 Å². The fourth-order valence-corrected chi connectivity index (χ4v) is 3.89. The maximum atomic E-state index is 13.6. The summed E-state index contributed by atoms with van der Waals surface area (Å²) in [6.07, 6.45) is -1.44. The minimum atomic E-state index is -4.11. The van der Waals surface area contributed by atoms with E-state index in [-0.39, 0.29) is 10.8 Å². The highest BCUT2D eigenvalue weighted by molar-refractivity contribution is 7.89. The zero-order chi connectivity index (χ0) is 27.9. The summed E-state index contributed by atoms with van der Waals surface area (Å²) in [5.41, 5.74) is -0.274. The third-order valence-electron chi connectivity index (χ3n) is 4.64. The first kappa shape index (κ1) is 29.3. The summed E-state index contributed by atoms with van der Waals surface area (Å²) in [6.45, 7) is 0.984. The topological polar surface area (TPSA) is 151 Å². The predicted molar refractivity (Wildman–Crippen MR) is 124 cm³/mol. The van der Waals surface area contributed by atoms with Gasteiger partial charge in [-0.25, -0.2) is 21.6 Å². The number of carbonyl (C=O) groups excluding carboxylic acids is 4. The van der Waals surface area contributed by atoms with Crippen LogP contribution in [0.3, 0.4) is 0 Å². The Kier molecular flexibility index (Phi) is 9.74. The van der Waals surface area contributed by atoms with Gasteiger partial charge in [-0.15, -0.1) is 0 Å². The van der Waals surface area contributed by atoms with Crippen LogP contribution in [-0.2, 0) is 33.9 Å². The molecule has 0 spiro atoms. The van der Waals surface area contributed by atoms with Crippen LogP contribution in [0.4, 0.5) is 24.5 Å². The first-order valence-corrected chi connectivity index (χ1v) is 11.9. The van der Waals surface area contributed by atoms with E-state index in [1.807, 2.05) is 5.32 Å². The molecule has 0 heterocycles. The molecule has 37 heavy (non-hydrogen) atoms. The zero-order valence-corrected chi connectivity index (χ0v) is 20.6. The van der Waals surface area contributed by atoms with Crippen LogP contribution in [0.2, 0.25) is 0 Å². The van der Waals surface area contributed by atoms with E-state index < -0.39 is 70.1 Å². The molecule has 11 nitrogen and oxygen atoms in total. The number of sulfonamides is 1. The molecule has 0 bridgehead atoms. The summed E-state index contributed by atoms with van der Waals surface area (Å²) < 4.78 is 70.7. The van der Waals surface area contributed by atoms with Crippen molar-refractivity contribution in [3.8, 4) is 0 Å². The number of benzene rings is 2. The van der Waals surface area contributed by atoms with E-state index in [1.54, 1.807) is 0 Å². The van der Waals surface area contributed by atoms with Crippen molar-refractivity contribution < 1.29 is 45.5 Å². The molecule has 0 fully saturated rings. The first-order chi connectivity index (χ1) is 17.2. The lowest BCUT2D eigenvalue weighted by atomic mass is 10.2. The Morgan fingerprint density at radius 2 is 1.59 bits per heavy atom. The van der Waals surface area contributed by atoms with E-state index in [9.17, 15) is 40.8 Å². The van der Waals surface area contributed by atoms with Gasteiger partial charge in [0.15, 0.2) is 23.6 Å². The molecule has 0 radical (unpaired) electrons. The number of hydrogen-bond donors (Lipinski definition) is 3. The Bertz CT molecular complexity index is 1300. The molecule has 2 aromatic carbocycles. The third kappa shape index (κ3) is 8.01. The molecule has 0 saturated heterocycles.